The molecular formula is C12H18BrN3. The van der Waals surface area contributed by atoms with Gasteiger partial charge in [0.2, 0.25) is 5.95 Å². The Bertz CT molecular complexity index is 329. The van der Waals surface area contributed by atoms with Gasteiger partial charge < -0.3 is 5.32 Å². The smallest absolute Gasteiger partial charge is 0.222 e. The molecule has 1 aliphatic carbocycles. The Kier molecular flexibility index (Phi) is 3.79. The van der Waals surface area contributed by atoms with Gasteiger partial charge in [0, 0.05) is 18.4 Å². The molecule has 0 amide bonds. The number of nitrogens with one attached hydrogen (secondary N) is 1. The van der Waals surface area contributed by atoms with E-state index in [0.717, 1.165) is 10.4 Å². The van der Waals surface area contributed by atoms with Crippen LogP contribution in [-0.4, -0.2) is 16.0 Å². The molecule has 4 heteroatoms. The Morgan fingerprint density at radius 1 is 1.19 bits per heavy atom. The maximum atomic E-state index is 4.27. The summed E-state index contributed by atoms with van der Waals surface area (Å²) in [6.45, 7) is 4.62. The fourth-order valence-corrected chi connectivity index (χ4v) is 2.71. The van der Waals surface area contributed by atoms with Gasteiger partial charge in [0.1, 0.15) is 0 Å². The number of aromatic nitrogens is 2. The van der Waals surface area contributed by atoms with E-state index in [9.17, 15) is 0 Å². The molecule has 2 rings (SSSR count). The summed E-state index contributed by atoms with van der Waals surface area (Å²) in [5, 5.41) is 3.46. The van der Waals surface area contributed by atoms with Gasteiger partial charge in [0.25, 0.3) is 0 Å². The van der Waals surface area contributed by atoms with Crippen molar-refractivity contribution in [2.24, 2.45) is 11.8 Å². The molecule has 1 saturated carbocycles. The van der Waals surface area contributed by atoms with Crippen LogP contribution in [0.4, 0.5) is 5.95 Å². The molecule has 0 saturated heterocycles. The Hall–Kier alpha value is -0.640. The van der Waals surface area contributed by atoms with Gasteiger partial charge in [0.15, 0.2) is 0 Å². The van der Waals surface area contributed by atoms with Crippen LogP contribution in [0.3, 0.4) is 0 Å². The van der Waals surface area contributed by atoms with Crippen molar-refractivity contribution in [3.8, 4) is 0 Å². The first kappa shape index (κ1) is 11.8. The highest BCUT2D eigenvalue weighted by molar-refractivity contribution is 9.10. The first-order valence-electron chi connectivity index (χ1n) is 5.91. The molecule has 0 unspecified atom stereocenters. The number of hydrogen-bond donors (Lipinski definition) is 1. The largest absolute Gasteiger partial charge is 0.351 e. The molecular weight excluding hydrogens is 266 g/mol. The molecule has 1 aromatic rings. The average Bonchev–Trinajstić information content (AvgIpc) is 2.26. The molecule has 0 radical (unpaired) electrons. The predicted octanol–water partition coefficient (Wildman–Crippen LogP) is 3.48. The van der Waals surface area contributed by atoms with E-state index in [0.29, 0.717) is 17.9 Å². The third kappa shape index (κ3) is 2.73. The topological polar surface area (TPSA) is 37.8 Å². The predicted molar refractivity (Wildman–Crippen MR) is 69.3 cm³/mol. The van der Waals surface area contributed by atoms with Crippen LogP contribution in [0.15, 0.2) is 16.9 Å². The maximum absolute atomic E-state index is 4.27. The van der Waals surface area contributed by atoms with E-state index >= 15 is 0 Å². The molecule has 88 valence electrons. The maximum Gasteiger partial charge on any atom is 0.222 e. The van der Waals surface area contributed by atoms with Crippen LogP contribution < -0.4 is 5.32 Å². The van der Waals surface area contributed by atoms with E-state index in [4.69, 9.17) is 0 Å². The Morgan fingerprint density at radius 2 is 1.75 bits per heavy atom. The van der Waals surface area contributed by atoms with E-state index in [1.807, 2.05) is 0 Å². The van der Waals surface area contributed by atoms with E-state index in [2.05, 4.69) is 45.1 Å². The summed E-state index contributed by atoms with van der Waals surface area (Å²) in [5.74, 6) is 2.15. The fourth-order valence-electron chi connectivity index (χ4n) is 2.50. The molecule has 2 atom stereocenters. The minimum absolute atomic E-state index is 0.509. The normalized spacial score (nSPS) is 26.7. The molecule has 0 spiro atoms. The molecule has 1 aliphatic rings. The van der Waals surface area contributed by atoms with Crippen LogP contribution in [-0.2, 0) is 0 Å². The number of hydrogen-bond acceptors (Lipinski definition) is 3. The van der Waals surface area contributed by atoms with Crippen LogP contribution in [0.2, 0.25) is 0 Å². The second-order valence-electron chi connectivity index (χ2n) is 4.78. The first-order chi connectivity index (χ1) is 7.66. The Labute approximate surface area is 105 Å². The molecule has 1 N–H and O–H groups in total. The van der Waals surface area contributed by atoms with E-state index in [1.54, 1.807) is 12.4 Å². The second-order valence-corrected chi connectivity index (χ2v) is 5.70. The molecule has 1 fully saturated rings. The molecule has 0 aliphatic heterocycles. The van der Waals surface area contributed by atoms with Gasteiger partial charge in [-0.2, -0.15) is 0 Å². The van der Waals surface area contributed by atoms with Crippen molar-refractivity contribution in [2.75, 3.05) is 5.32 Å². The zero-order valence-electron chi connectivity index (χ0n) is 9.78. The first-order valence-corrected chi connectivity index (χ1v) is 6.70. The van der Waals surface area contributed by atoms with E-state index in [-0.39, 0.29) is 0 Å². The van der Waals surface area contributed by atoms with Gasteiger partial charge in [0.05, 0.1) is 4.47 Å². The fraction of sp³-hybridized carbons (Fsp3) is 0.667. The SMILES string of the molecule is C[C@H]1CCC[C@H](C)C1Nc1ncc(Br)cn1. The zero-order valence-corrected chi connectivity index (χ0v) is 11.4. The summed E-state index contributed by atoms with van der Waals surface area (Å²) in [6, 6.07) is 0.509. The highest BCUT2D eigenvalue weighted by atomic mass is 79.9. The Morgan fingerprint density at radius 3 is 2.31 bits per heavy atom. The summed E-state index contributed by atoms with van der Waals surface area (Å²) in [5.41, 5.74) is 0. The second kappa shape index (κ2) is 5.13. The van der Waals surface area contributed by atoms with E-state index in [1.165, 1.54) is 19.3 Å². The molecule has 0 bridgehead atoms. The minimum atomic E-state index is 0.509. The third-order valence-corrected chi connectivity index (χ3v) is 3.87. The summed E-state index contributed by atoms with van der Waals surface area (Å²) in [7, 11) is 0. The molecule has 1 aromatic heterocycles. The molecule has 0 aromatic carbocycles. The molecule has 16 heavy (non-hydrogen) atoms. The molecule has 1 heterocycles. The summed E-state index contributed by atoms with van der Waals surface area (Å²) in [4.78, 5) is 8.54. The Balaban J connectivity index is 2.04. The highest BCUT2D eigenvalue weighted by Crippen LogP contribution is 2.30. The van der Waals surface area contributed by atoms with Crippen LogP contribution in [0, 0.1) is 11.8 Å². The van der Waals surface area contributed by atoms with Crippen molar-refractivity contribution in [2.45, 2.75) is 39.2 Å². The lowest BCUT2D eigenvalue weighted by molar-refractivity contribution is 0.267. The summed E-state index contributed by atoms with van der Waals surface area (Å²) >= 11 is 3.34. The van der Waals surface area contributed by atoms with Crippen molar-refractivity contribution in [3.63, 3.8) is 0 Å². The van der Waals surface area contributed by atoms with Gasteiger partial charge >= 0.3 is 0 Å². The lowest BCUT2D eigenvalue weighted by Gasteiger charge is -2.35. The van der Waals surface area contributed by atoms with Gasteiger partial charge in [-0.1, -0.05) is 20.3 Å². The lowest BCUT2D eigenvalue weighted by atomic mass is 9.79. The number of anilines is 1. The monoisotopic (exact) mass is 283 g/mol. The van der Waals surface area contributed by atoms with Gasteiger partial charge in [-0.3, -0.25) is 0 Å². The van der Waals surface area contributed by atoms with Crippen molar-refractivity contribution in [3.05, 3.63) is 16.9 Å². The van der Waals surface area contributed by atoms with Gasteiger partial charge in [-0.05, 0) is 40.6 Å². The third-order valence-electron chi connectivity index (χ3n) is 3.46. The van der Waals surface area contributed by atoms with Crippen molar-refractivity contribution in [1.82, 2.24) is 9.97 Å². The van der Waals surface area contributed by atoms with Crippen LogP contribution >= 0.6 is 15.9 Å². The standard InChI is InChI=1S/C12H18BrN3/c1-8-4-3-5-9(2)11(8)16-12-14-6-10(13)7-15-12/h6-9,11H,3-5H2,1-2H3,(H,14,15,16)/t8-,9-/m0/s1. The average molecular weight is 284 g/mol. The minimum Gasteiger partial charge on any atom is -0.351 e. The lowest BCUT2D eigenvalue weighted by Crippen LogP contribution is -2.37. The van der Waals surface area contributed by atoms with Crippen molar-refractivity contribution >= 4 is 21.9 Å². The number of rotatable bonds is 2. The molecule has 3 nitrogen and oxygen atoms in total. The quantitative estimate of drug-likeness (QED) is 0.903. The number of nitrogens with zero attached hydrogens (tertiary/aromatic N) is 2. The van der Waals surface area contributed by atoms with E-state index < -0.39 is 0 Å². The summed E-state index contributed by atoms with van der Waals surface area (Å²) < 4.78 is 0.919. The highest BCUT2D eigenvalue weighted by Gasteiger charge is 2.27. The van der Waals surface area contributed by atoms with Gasteiger partial charge in [-0.25, -0.2) is 9.97 Å². The zero-order chi connectivity index (χ0) is 11.5. The number of halogens is 1. The van der Waals surface area contributed by atoms with Crippen LogP contribution in [0.25, 0.3) is 0 Å². The summed E-state index contributed by atoms with van der Waals surface area (Å²) in [6.07, 6.45) is 7.53. The van der Waals surface area contributed by atoms with Crippen LogP contribution in [0.5, 0.6) is 0 Å². The van der Waals surface area contributed by atoms with Crippen LogP contribution in [0.1, 0.15) is 33.1 Å². The van der Waals surface area contributed by atoms with Crippen molar-refractivity contribution in [1.29, 1.82) is 0 Å². The van der Waals surface area contributed by atoms with Gasteiger partial charge in [-0.15, -0.1) is 0 Å². The van der Waals surface area contributed by atoms with Crippen molar-refractivity contribution < 1.29 is 0 Å².